The van der Waals surface area contributed by atoms with Crippen molar-refractivity contribution in [3.8, 4) is 0 Å². The van der Waals surface area contributed by atoms with E-state index in [2.05, 4.69) is 0 Å². The van der Waals surface area contributed by atoms with Gasteiger partial charge in [0.25, 0.3) is 10.0 Å². The van der Waals surface area contributed by atoms with Crippen LogP contribution in [0.4, 0.5) is 5.69 Å². The van der Waals surface area contributed by atoms with Gasteiger partial charge in [-0.15, -0.1) is 0 Å². The van der Waals surface area contributed by atoms with Crippen LogP contribution in [0.3, 0.4) is 0 Å². The van der Waals surface area contributed by atoms with Gasteiger partial charge in [0.2, 0.25) is 6.29 Å². The van der Waals surface area contributed by atoms with Crippen LogP contribution in [0.5, 0.6) is 0 Å². The molecule has 3 atom stereocenters. The van der Waals surface area contributed by atoms with Crippen LogP contribution in [0, 0.1) is 0 Å². The van der Waals surface area contributed by atoms with Crippen molar-refractivity contribution in [2.24, 2.45) is 0 Å². The number of rotatable bonds is 1. The zero-order valence-corrected chi connectivity index (χ0v) is 12.8. The zero-order valence-electron chi connectivity index (χ0n) is 12.0. The average Bonchev–Trinajstić information content (AvgIpc) is 3.06. The molecule has 2 aromatic rings. The lowest BCUT2D eigenvalue weighted by molar-refractivity contribution is -0.153. The maximum atomic E-state index is 13.1. The molecule has 7 heteroatoms. The van der Waals surface area contributed by atoms with Gasteiger partial charge in [0, 0.05) is 11.8 Å². The van der Waals surface area contributed by atoms with Crippen molar-refractivity contribution in [2.75, 3.05) is 10.9 Å². The number of carbonyl (C=O) groups is 1. The van der Waals surface area contributed by atoms with Crippen molar-refractivity contribution >= 4 is 32.3 Å². The number of carbonyl (C=O) groups excluding carboxylic acids is 1. The van der Waals surface area contributed by atoms with Gasteiger partial charge < -0.3 is 9.47 Å². The molecule has 0 unspecified atom stereocenters. The van der Waals surface area contributed by atoms with Crippen LogP contribution >= 0.6 is 0 Å². The number of Topliss-reactive ketones (excluding diaryl/α,β-unsaturated/α-hetero) is 1. The molecule has 2 aromatic carbocycles. The largest absolute Gasteiger partial charge is 0.343 e. The molecule has 6 nitrogen and oxygen atoms in total. The Balaban J connectivity index is 1.73. The summed E-state index contributed by atoms with van der Waals surface area (Å²) >= 11 is 0. The molecule has 23 heavy (non-hydrogen) atoms. The average molecular weight is 331 g/mol. The van der Waals surface area contributed by atoms with E-state index < -0.39 is 28.5 Å². The summed E-state index contributed by atoms with van der Waals surface area (Å²) in [6.45, 7) is 0.236. The highest BCUT2D eigenvalue weighted by atomic mass is 32.2. The van der Waals surface area contributed by atoms with Crippen molar-refractivity contribution in [1.82, 2.24) is 0 Å². The molecule has 0 radical (unpaired) electrons. The number of hydrogen-bond acceptors (Lipinski definition) is 5. The number of anilines is 1. The first kappa shape index (κ1) is 13.5. The van der Waals surface area contributed by atoms with Crippen LogP contribution in [0.25, 0.3) is 10.8 Å². The summed E-state index contributed by atoms with van der Waals surface area (Å²) in [4.78, 5) is 12.4. The summed E-state index contributed by atoms with van der Waals surface area (Å²) in [6.07, 6.45) is -1.14. The Morgan fingerprint density at radius 2 is 1.91 bits per heavy atom. The number of ketones is 1. The third-order valence-corrected chi connectivity index (χ3v) is 6.61. The lowest BCUT2D eigenvalue weighted by Gasteiger charge is -2.34. The van der Waals surface area contributed by atoms with Crippen LogP contribution < -0.4 is 4.31 Å². The zero-order chi connectivity index (χ0) is 15.8. The number of hydrogen-bond donors (Lipinski definition) is 0. The molecule has 118 valence electrons. The van der Waals surface area contributed by atoms with E-state index in [1.54, 1.807) is 18.2 Å². The molecule has 0 aliphatic carbocycles. The molecule has 3 heterocycles. The summed E-state index contributed by atoms with van der Waals surface area (Å²) in [6, 6.07) is 10.2. The first-order valence-electron chi connectivity index (χ1n) is 7.43. The maximum Gasteiger partial charge on any atom is 0.265 e. The van der Waals surface area contributed by atoms with Crippen molar-refractivity contribution in [1.29, 1.82) is 0 Å². The Hall–Kier alpha value is -1.96. The standard InChI is InChI=1S/C16H13NO5S/c18-12-7-11(13-8-21-16(12)22-13)17-10-5-1-3-9-4-2-6-14(15(9)10)23(17,19)20/h1-6,11,13,16H,7-8H2/t11-,13+,16+/m0/s1. The van der Waals surface area contributed by atoms with E-state index in [-0.39, 0.29) is 18.8 Å². The minimum atomic E-state index is -3.70. The maximum absolute atomic E-state index is 13.1. The Morgan fingerprint density at radius 3 is 2.74 bits per heavy atom. The van der Waals surface area contributed by atoms with Crippen LogP contribution in [-0.2, 0) is 24.3 Å². The third-order valence-electron chi connectivity index (χ3n) is 4.73. The molecule has 3 aliphatic rings. The SMILES string of the molecule is O=C1C[C@H](N2c3cccc4cccc(c34)S2(=O)=O)[C@H]2CO[C@@H]1O2. The van der Waals surface area contributed by atoms with Gasteiger partial charge in [-0.25, -0.2) is 8.42 Å². The number of benzene rings is 2. The van der Waals surface area contributed by atoms with E-state index in [0.717, 1.165) is 5.39 Å². The minimum absolute atomic E-state index is 0.110. The normalized spacial score (nSPS) is 31.0. The lowest BCUT2D eigenvalue weighted by Crippen LogP contribution is -2.51. The Bertz CT molecular complexity index is 949. The third kappa shape index (κ3) is 1.64. The summed E-state index contributed by atoms with van der Waals surface area (Å²) < 4.78 is 38.3. The highest BCUT2D eigenvalue weighted by Gasteiger charge is 2.51. The lowest BCUT2D eigenvalue weighted by atomic mass is 10.0. The molecule has 0 N–H and O–H groups in total. The fraction of sp³-hybridized carbons (Fsp3) is 0.312. The van der Waals surface area contributed by atoms with Gasteiger partial charge in [0.05, 0.1) is 23.2 Å². The van der Waals surface area contributed by atoms with E-state index in [4.69, 9.17) is 9.47 Å². The summed E-state index contributed by atoms with van der Waals surface area (Å²) in [5.74, 6) is -0.206. The van der Waals surface area contributed by atoms with E-state index in [9.17, 15) is 13.2 Å². The van der Waals surface area contributed by atoms with Gasteiger partial charge in [0.1, 0.15) is 6.10 Å². The molecule has 3 aliphatic heterocycles. The second kappa shape index (κ2) is 4.31. The van der Waals surface area contributed by atoms with E-state index in [1.807, 2.05) is 18.2 Å². The first-order valence-corrected chi connectivity index (χ1v) is 8.87. The summed E-state index contributed by atoms with van der Waals surface area (Å²) in [5, 5.41) is 1.58. The second-order valence-electron chi connectivity index (χ2n) is 6.01. The van der Waals surface area contributed by atoms with Gasteiger partial charge in [-0.2, -0.15) is 0 Å². The predicted octanol–water partition coefficient (Wildman–Crippen LogP) is 1.43. The van der Waals surface area contributed by atoms with Crippen LogP contribution in [-0.4, -0.2) is 39.2 Å². The first-order chi connectivity index (χ1) is 11.1. The quantitative estimate of drug-likeness (QED) is 0.790. The summed E-state index contributed by atoms with van der Waals surface area (Å²) in [5.41, 5.74) is 0.616. The predicted molar refractivity (Wildman–Crippen MR) is 81.6 cm³/mol. The molecule has 0 saturated carbocycles. The van der Waals surface area contributed by atoms with Gasteiger partial charge >= 0.3 is 0 Å². The molecule has 0 spiro atoms. The van der Waals surface area contributed by atoms with E-state index in [0.29, 0.717) is 16.0 Å². The Morgan fingerprint density at radius 1 is 1.13 bits per heavy atom. The molecular formula is C16H13NO5S. The number of sulfonamides is 1. The van der Waals surface area contributed by atoms with Crippen molar-refractivity contribution in [3.63, 3.8) is 0 Å². The minimum Gasteiger partial charge on any atom is -0.343 e. The molecule has 2 bridgehead atoms. The van der Waals surface area contributed by atoms with E-state index in [1.165, 1.54) is 4.31 Å². The Kier molecular flexibility index (Phi) is 2.53. The molecule has 2 fully saturated rings. The van der Waals surface area contributed by atoms with Crippen molar-refractivity contribution < 1.29 is 22.7 Å². The van der Waals surface area contributed by atoms with Crippen LogP contribution in [0.2, 0.25) is 0 Å². The van der Waals surface area contributed by atoms with E-state index >= 15 is 0 Å². The smallest absolute Gasteiger partial charge is 0.265 e. The monoisotopic (exact) mass is 331 g/mol. The van der Waals surface area contributed by atoms with Crippen molar-refractivity contribution in [2.45, 2.75) is 29.8 Å². The Labute approximate surface area is 132 Å². The number of ether oxygens (including phenoxy) is 2. The van der Waals surface area contributed by atoms with Gasteiger partial charge in [-0.3, -0.25) is 9.10 Å². The molecule has 5 rings (SSSR count). The second-order valence-corrected chi connectivity index (χ2v) is 7.79. The molecular weight excluding hydrogens is 318 g/mol. The fourth-order valence-electron chi connectivity index (χ4n) is 3.74. The van der Waals surface area contributed by atoms with Crippen molar-refractivity contribution in [3.05, 3.63) is 36.4 Å². The fourth-order valence-corrected chi connectivity index (χ4v) is 5.66. The molecule has 2 saturated heterocycles. The molecule has 0 aromatic heterocycles. The highest BCUT2D eigenvalue weighted by Crippen LogP contribution is 2.45. The number of fused-ring (bicyclic) bond motifs is 2. The highest BCUT2D eigenvalue weighted by molar-refractivity contribution is 7.93. The van der Waals surface area contributed by atoms with Crippen LogP contribution in [0.15, 0.2) is 41.3 Å². The van der Waals surface area contributed by atoms with Gasteiger partial charge in [0.15, 0.2) is 5.78 Å². The summed E-state index contributed by atoms with van der Waals surface area (Å²) in [7, 11) is -3.70. The van der Waals surface area contributed by atoms with Gasteiger partial charge in [-0.1, -0.05) is 24.3 Å². The van der Waals surface area contributed by atoms with Crippen LogP contribution in [0.1, 0.15) is 6.42 Å². The topological polar surface area (TPSA) is 72.9 Å². The van der Waals surface area contributed by atoms with Gasteiger partial charge in [-0.05, 0) is 17.5 Å². The number of nitrogens with zero attached hydrogens (tertiary/aromatic N) is 1. The molecule has 0 amide bonds.